The van der Waals surface area contributed by atoms with Gasteiger partial charge in [0.15, 0.2) is 0 Å². The van der Waals surface area contributed by atoms with Crippen LogP contribution in [0.15, 0.2) is 24.3 Å². The predicted molar refractivity (Wildman–Crippen MR) is 62.3 cm³/mol. The van der Waals surface area contributed by atoms with E-state index in [-0.39, 0.29) is 18.3 Å². The number of para-hydroxylation sites is 1. The molecule has 0 saturated heterocycles. The van der Waals surface area contributed by atoms with E-state index in [2.05, 4.69) is 11.1 Å². The number of benzene rings is 1. The minimum Gasteiger partial charge on any atom is -1.00 e. The molecule has 1 amide bonds. The zero-order valence-electron chi connectivity index (χ0n) is 10.0. The molecule has 0 saturated carbocycles. The number of ether oxygens (including phenoxy) is 1. The Bertz CT molecular complexity index is 345. The van der Waals surface area contributed by atoms with Crippen LogP contribution in [0.4, 0.5) is 0 Å². The van der Waals surface area contributed by atoms with E-state index in [1.807, 2.05) is 19.1 Å². The highest BCUT2D eigenvalue weighted by Crippen LogP contribution is 2.17. The zero-order valence-corrected chi connectivity index (χ0v) is 10.8. The van der Waals surface area contributed by atoms with Crippen molar-refractivity contribution < 1.29 is 27.7 Å². The van der Waals surface area contributed by atoms with Crippen LogP contribution in [0.5, 0.6) is 5.75 Å². The first-order valence-corrected chi connectivity index (χ1v) is 5.58. The van der Waals surface area contributed by atoms with Crippen molar-refractivity contribution in [3.05, 3.63) is 29.8 Å². The van der Waals surface area contributed by atoms with Gasteiger partial charge < -0.3 is 28.2 Å². The molecule has 0 unspecified atom stereocenters. The Morgan fingerprint density at radius 3 is 2.76 bits per heavy atom. The largest absolute Gasteiger partial charge is 1.00 e. The molecule has 1 aromatic rings. The van der Waals surface area contributed by atoms with Crippen LogP contribution in [-0.4, -0.2) is 25.6 Å². The maximum atomic E-state index is 11.8. The fourth-order valence-electron chi connectivity index (χ4n) is 1.36. The molecule has 0 atom stereocenters. The molecule has 1 rings (SSSR count). The lowest BCUT2D eigenvalue weighted by atomic mass is 10.2. The van der Waals surface area contributed by atoms with Crippen LogP contribution in [-0.2, 0) is 0 Å². The molecule has 4 nitrogen and oxygen atoms in total. The summed E-state index contributed by atoms with van der Waals surface area (Å²) in [4.78, 5) is 11.8. The summed E-state index contributed by atoms with van der Waals surface area (Å²) in [5.74, 6) is 0.551. The highest BCUT2D eigenvalue weighted by atomic mass is 35.5. The van der Waals surface area contributed by atoms with Gasteiger partial charge in [-0.25, -0.2) is 0 Å². The Kier molecular flexibility index (Phi) is 8.19. The minimum atomic E-state index is -0.0856. The molecule has 0 fully saturated rings. The van der Waals surface area contributed by atoms with E-state index < -0.39 is 0 Å². The number of carbonyl (C=O) groups excluding carboxylic acids is 1. The number of carbonyl (C=O) groups is 1. The van der Waals surface area contributed by atoms with E-state index in [9.17, 15) is 4.79 Å². The summed E-state index contributed by atoms with van der Waals surface area (Å²) in [7, 11) is 0. The summed E-state index contributed by atoms with van der Waals surface area (Å²) in [5, 5.41) is 2.84. The number of halogens is 1. The molecule has 5 heteroatoms. The fourth-order valence-corrected chi connectivity index (χ4v) is 1.36. The summed E-state index contributed by atoms with van der Waals surface area (Å²) >= 11 is 0. The van der Waals surface area contributed by atoms with Crippen LogP contribution < -0.4 is 28.2 Å². The van der Waals surface area contributed by atoms with Crippen molar-refractivity contribution in [3.8, 4) is 5.75 Å². The molecule has 17 heavy (non-hydrogen) atoms. The molecule has 0 radical (unpaired) electrons. The molecule has 96 valence electrons. The minimum absolute atomic E-state index is 0. The molecule has 0 aliphatic heterocycles. The predicted octanol–water partition coefficient (Wildman–Crippen LogP) is -2.55. The second kappa shape index (κ2) is 8.84. The van der Waals surface area contributed by atoms with Gasteiger partial charge in [0.25, 0.3) is 5.91 Å². The monoisotopic (exact) mass is 258 g/mol. The molecule has 0 bridgehead atoms. The second-order valence-electron chi connectivity index (χ2n) is 3.39. The quantitative estimate of drug-likeness (QED) is 0.552. The van der Waals surface area contributed by atoms with Crippen molar-refractivity contribution >= 4 is 5.91 Å². The fraction of sp³-hybridized carbons (Fsp3) is 0.417. The van der Waals surface area contributed by atoms with E-state index in [1.165, 1.54) is 0 Å². The first-order valence-electron chi connectivity index (χ1n) is 5.58. The Morgan fingerprint density at radius 2 is 2.12 bits per heavy atom. The van der Waals surface area contributed by atoms with E-state index in [4.69, 9.17) is 4.74 Å². The topological polar surface area (TPSA) is 66.0 Å². The first-order chi connectivity index (χ1) is 7.79. The SMILES string of the molecule is CCOc1ccccc1C(=O)NCCC[NH3+].[Cl-]. The number of hydrogen-bond acceptors (Lipinski definition) is 2. The highest BCUT2D eigenvalue weighted by Gasteiger charge is 2.10. The van der Waals surface area contributed by atoms with Crippen LogP contribution in [0.2, 0.25) is 0 Å². The van der Waals surface area contributed by atoms with Crippen molar-refractivity contribution in [2.75, 3.05) is 19.7 Å². The number of rotatable bonds is 6. The van der Waals surface area contributed by atoms with Crippen LogP contribution in [0, 0.1) is 0 Å². The summed E-state index contributed by atoms with van der Waals surface area (Å²) in [6.45, 7) is 3.94. The van der Waals surface area contributed by atoms with Gasteiger partial charge in [0.05, 0.1) is 18.7 Å². The van der Waals surface area contributed by atoms with Gasteiger partial charge in [0.1, 0.15) is 5.75 Å². The Labute approximate surface area is 108 Å². The van der Waals surface area contributed by atoms with E-state index in [1.54, 1.807) is 12.1 Å². The Morgan fingerprint density at radius 1 is 1.41 bits per heavy atom. The summed E-state index contributed by atoms with van der Waals surface area (Å²) in [6, 6.07) is 7.26. The van der Waals surface area contributed by atoms with Gasteiger partial charge >= 0.3 is 0 Å². The maximum absolute atomic E-state index is 11.8. The molecule has 0 spiro atoms. The van der Waals surface area contributed by atoms with Gasteiger partial charge in [-0.15, -0.1) is 0 Å². The molecule has 0 aromatic heterocycles. The third-order valence-corrected chi connectivity index (χ3v) is 2.14. The molecule has 0 aliphatic carbocycles. The number of hydrogen-bond donors (Lipinski definition) is 2. The number of amides is 1. The number of quaternary nitrogens is 1. The Balaban J connectivity index is 0.00000256. The normalized spacial score (nSPS) is 9.29. The molecule has 1 aromatic carbocycles. The lowest BCUT2D eigenvalue weighted by Gasteiger charge is -2.09. The highest BCUT2D eigenvalue weighted by molar-refractivity contribution is 5.96. The van der Waals surface area contributed by atoms with Crippen LogP contribution in [0.25, 0.3) is 0 Å². The molecular weight excluding hydrogens is 240 g/mol. The van der Waals surface area contributed by atoms with Crippen LogP contribution in [0.1, 0.15) is 23.7 Å². The Hall–Kier alpha value is -1.26. The van der Waals surface area contributed by atoms with Crippen molar-refractivity contribution in [3.63, 3.8) is 0 Å². The number of nitrogens with one attached hydrogen (secondary N) is 1. The smallest absolute Gasteiger partial charge is 0.255 e. The van der Waals surface area contributed by atoms with Gasteiger partial charge in [-0.05, 0) is 19.1 Å². The van der Waals surface area contributed by atoms with Crippen molar-refractivity contribution in [1.82, 2.24) is 5.32 Å². The van der Waals surface area contributed by atoms with Crippen molar-refractivity contribution in [1.29, 1.82) is 0 Å². The van der Waals surface area contributed by atoms with Gasteiger partial charge in [-0.1, -0.05) is 12.1 Å². The second-order valence-corrected chi connectivity index (χ2v) is 3.39. The molecule has 4 N–H and O–H groups in total. The lowest BCUT2D eigenvalue weighted by molar-refractivity contribution is -0.367. The lowest BCUT2D eigenvalue weighted by Crippen LogP contribution is -3.00. The third kappa shape index (κ3) is 5.06. The zero-order chi connectivity index (χ0) is 11.8. The third-order valence-electron chi connectivity index (χ3n) is 2.14. The summed E-state index contributed by atoms with van der Waals surface area (Å²) in [6.07, 6.45) is 0.891. The molecule has 0 heterocycles. The van der Waals surface area contributed by atoms with E-state index in [0.29, 0.717) is 24.5 Å². The van der Waals surface area contributed by atoms with Crippen molar-refractivity contribution in [2.45, 2.75) is 13.3 Å². The van der Waals surface area contributed by atoms with Crippen LogP contribution in [0.3, 0.4) is 0 Å². The summed E-state index contributed by atoms with van der Waals surface area (Å²) < 4.78 is 5.39. The average Bonchev–Trinajstić information content (AvgIpc) is 2.30. The standard InChI is InChI=1S/C12H18N2O2.ClH/c1-2-16-11-7-4-3-6-10(11)12(15)14-9-5-8-13;/h3-4,6-7H,2,5,8-9,13H2,1H3,(H,14,15);1H. The van der Waals surface area contributed by atoms with Crippen LogP contribution >= 0.6 is 0 Å². The van der Waals surface area contributed by atoms with Gasteiger partial charge in [-0.3, -0.25) is 4.79 Å². The maximum Gasteiger partial charge on any atom is 0.255 e. The van der Waals surface area contributed by atoms with Gasteiger partial charge in [0.2, 0.25) is 0 Å². The van der Waals surface area contributed by atoms with Crippen molar-refractivity contribution in [2.24, 2.45) is 0 Å². The van der Waals surface area contributed by atoms with Gasteiger partial charge in [-0.2, -0.15) is 0 Å². The first kappa shape index (κ1) is 15.7. The van der Waals surface area contributed by atoms with Gasteiger partial charge in [0, 0.05) is 13.0 Å². The van der Waals surface area contributed by atoms with E-state index >= 15 is 0 Å². The molecule has 0 aliphatic rings. The average molecular weight is 259 g/mol. The van der Waals surface area contributed by atoms with E-state index in [0.717, 1.165) is 13.0 Å². The molecular formula is C12H19ClN2O2. The summed E-state index contributed by atoms with van der Waals surface area (Å²) in [5.41, 5.74) is 4.32.